The zero-order valence-electron chi connectivity index (χ0n) is 21.6. The van der Waals surface area contributed by atoms with Crippen molar-refractivity contribution in [1.82, 2.24) is 35.0 Å². The molecule has 0 spiro atoms. The van der Waals surface area contributed by atoms with Crippen LogP contribution in [0.3, 0.4) is 0 Å². The fourth-order valence-corrected chi connectivity index (χ4v) is 5.32. The number of hydrogen-bond acceptors (Lipinski definition) is 7. The third-order valence-electron chi connectivity index (χ3n) is 7.29. The molecule has 0 aliphatic carbocycles. The quantitative estimate of drug-likeness (QED) is 0.245. The van der Waals surface area contributed by atoms with Gasteiger partial charge in [0.2, 0.25) is 0 Å². The smallest absolute Gasteiger partial charge is 0.135 e. The summed E-state index contributed by atoms with van der Waals surface area (Å²) in [5.74, 6) is 0.205. The Bertz CT molecular complexity index is 1840. The topological polar surface area (TPSA) is 116 Å². The van der Waals surface area contributed by atoms with Crippen LogP contribution in [0.2, 0.25) is 0 Å². The molecule has 6 heterocycles. The summed E-state index contributed by atoms with van der Waals surface area (Å²) >= 11 is 0. The second-order valence-electron chi connectivity index (χ2n) is 10.0. The Balaban J connectivity index is 1.23. The van der Waals surface area contributed by atoms with E-state index in [-0.39, 0.29) is 11.6 Å². The van der Waals surface area contributed by atoms with E-state index in [0.717, 1.165) is 47.3 Å². The summed E-state index contributed by atoms with van der Waals surface area (Å²) in [6.45, 7) is 3.53. The predicted octanol–water partition coefficient (Wildman–Crippen LogP) is 5.55. The highest BCUT2D eigenvalue weighted by Gasteiger charge is 2.17. The highest BCUT2D eigenvalue weighted by molar-refractivity contribution is 6.00. The average Bonchev–Trinajstić information content (AvgIpc) is 3.72. The summed E-state index contributed by atoms with van der Waals surface area (Å²) in [6.07, 6.45) is 8.94. The Morgan fingerprint density at radius 1 is 0.925 bits per heavy atom. The molecule has 1 aliphatic rings. The number of pyridine rings is 3. The Hall–Kier alpha value is -4.83. The normalized spacial score (nSPS) is 13.9. The van der Waals surface area contributed by atoms with Gasteiger partial charge in [0, 0.05) is 41.5 Å². The molecule has 1 aromatic carbocycles. The zero-order chi connectivity index (χ0) is 27.1. The Kier molecular flexibility index (Phi) is 6.09. The van der Waals surface area contributed by atoms with Crippen molar-refractivity contribution >= 4 is 21.9 Å². The largest absolute Gasteiger partial charge is 0.506 e. The van der Waals surface area contributed by atoms with Gasteiger partial charge in [-0.05, 0) is 67.9 Å². The molecule has 5 aromatic heterocycles. The molecule has 9 nitrogen and oxygen atoms in total. The lowest BCUT2D eigenvalue weighted by Crippen LogP contribution is -2.25. The van der Waals surface area contributed by atoms with Crippen molar-refractivity contribution in [2.45, 2.75) is 12.8 Å². The van der Waals surface area contributed by atoms with Crippen LogP contribution in [0.4, 0.5) is 4.39 Å². The molecular weight excluding hydrogens is 509 g/mol. The number of halogens is 1. The Labute approximate surface area is 228 Å². The number of aromatic nitrogens is 6. The van der Waals surface area contributed by atoms with Crippen molar-refractivity contribution < 1.29 is 14.2 Å². The van der Waals surface area contributed by atoms with Crippen molar-refractivity contribution in [3.05, 3.63) is 73.1 Å². The van der Waals surface area contributed by atoms with E-state index in [9.17, 15) is 9.50 Å². The van der Waals surface area contributed by atoms with Crippen molar-refractivity contribution in [1.29, 1.82) is 0 Å². The molecule has 6 aromatic rings. The van der Waals surface area contributed by atoms with Crippen LogP contribution in [0, 0.1) is 5.82 Å². The van der Waals surface area contributed by atoms with E-state index in [4.69, 9.17) is 9.72 Å². The van der Waals surface area contributed by atoms with Crippen LogP contribution in [0.25, 0.3) is 55.7 Å². The van der Waals surface area contributed by atoms with Gasteiger partial charge < -0.3 is 14.8 Å². The number of H-pyrrole nitrogens is 2. The molecular formula is C30H26FN7O2. The monoisotopic (exact) mass is 535 g/mol. The van der Waals surface area contributed by atoms with Crippen molar-refractivity contribution in [2.24, 2.45) is 0 Å². The van der Waals surface area contributed by atoms with Gasteiger partial charge in [0.15, 0.2) is 0 Å². The third-order valence-corrected chi connectivity index (χ3v) is 7.29. The van der Waals surface area contributed by atoms with Gasteiger partial charge >= 0.3 is 0 Å². The molecule has 0 bridgehead atoms. The van der Waals surface area contributed by atoms with E-state index in [1.165, 1.54) is 31.2 Å². The van der Waals surface area contributed by atoms with E-state index in [0.29, 0.717) is 40.4 Å². The first-order valence-electron chi connectivity index (χ1n) is 13.2. The van der Waals surface area contributed by atoms with Crippen molar-refractivity contribution in [3.8, 4) is 45.3 Å². The Morgan fingerprint density at radius 2 is 1.80 bits per heavy atom. The number of ether oxygens (including phenoxy) is 1. The summed E-state index contributed by atoms with van der Waals surface area (Å²) in [5, 5.41) is 18.3. The fourth-order valence-electron chi connectivity index (χ4n) is 5.32. The lowest BCUT2D eigenvalue weighted by Gasteiger charge is -2.15. The van der Waals surface area contributed by atoms with E-state index < -0.39 is 0 Å². The summed E-state index contributed by atoms with van der Waals surface area (Å²) in [5.41, 5.74) is 6.43. The van der Waals surface area contributed by atoms with E-state index in [2.05, 4.69) is 30.0 Å². The molecule has 200 valence electrons. The number of fused-ring (bicyclic) bond motifs is 2. The lowest BCUT2D eigenvalue weighted by molar-refractivity contribution is 0.237. The summed E-state index contributed by atoms with van der Waals surface area (Å²) < 4.78 is 20.6. The van der Waals surface area contributed by atoms with Gasteiger partial charge in [-0.25, -0.2) is 9.37 Å². The number of hydrogen-bond donors (Lipinski definition) is 3. The van der Waals surface area contributed by atoms with Gasteiger partial charge in [0.25, 0.3) is 0 Å². The molecule has 0 radical (unpaired) electrons. The fraction of sp³-hybridized carbons (Fsp3) is 0.200. The number of nitrogens with zero attached hydrogens (tertiary/aromatic N) is 5. The van der Waals surface area contributed by atoms with Crippen LogP contribution in [0.5, 0.6) is 11.5 Å². The van der Waals surface area contributed by atoms with Gasteiger partial charge in [-0.3, -0.25) is 20.0 Å². The third kappa shape index (κ3) is 4.62. The second kappa shape index (κ2) is 10.0. The van der Waals surface area contributed by atoms with Gasteiger partial charge in [-0.2, -0.15) is 5.10 Å². The number of nitrogens with one attached hydrogen (secondary N) is 2. The van der Waals surface area contributed by atoms with Crippen LogP contribution >= 0.6 is 0 Å². The average molecular weight is 536 g/mol. The minimum absolute atomic E-state index is 0.0694. The zero-order valence-corrected chi connectivity index (χ0v) is 21.6. The highest BCUT2D eigenvalue weighted by atomic mass is 19.1. The minimum Gasteiger partial charge on any atom is -0.506 e. The molecule has 40 heavy (non-hydrogen) atoms. The molecule has 0 atom stereocenters. The molecule has 1 aliphatic heterocycles. The van der Waals surface area contributed by atoms with Gasteiger partial charge in [-0.1, -0.05) is 0 Å². The van der Waals surface area contributed by atoms with Crippen LogP contribution in [-0.4, -0.2) is 66.4 Å². The highest BCUT2D eigenvalue weighted by Crippen LogP contribution is 2.35. The molecule has 3 N–H and O–H groups in total. The molecule has 10 heteroatoms. The van der Waals surface area contributed by atoms with E-state index >= 15 is 0 Å². The van der Waals surface area contributed by atoms with Crippen LogP contribution < -0.4 is 4.74 Å². The predicted molar refractivity (Wildman–Crippen MR) is 150 cm³/mol. The molecule has 1 fully saturated rings. The maximum atomic E-state index is 14.7. The molecule has 0 amide bonds. The minimum atomic E-state index is -0.363. The van der Waals surface area contributed by atoms with Crippen LogP contribution in [0.1, 0.15) is 12.8 Å². The SMILES string of the molecule is Oc1cncc(-c2ccc3[nH]nc(-c4cc5c(-c6cc(F)cc(OCCN7CCCC7)c6)cncc5[nH]4)c3n2)c1. The number of likely N-dealkylation sites (tertiary alicyclic amines) is 1. The lowest BCUT2D eigenvalue weighted by atomic mass is 10.0. The van der Waals surface area contributed by atoms with E-state index in [1.54, 1.807) is 24.7 Å². The van der Waals surface area contributed by atoms with Crippen LogP contribution in [0.15, 0.2) is 67.3 Å². The maximum absolute atomic E-state index is 14.7. The first kappa shape index (κ1) is 24.2. The van der Waals surface area contributed by atoms with Gasteiger partial charge in [0.05, 0.1) is 34.8 Å². The van der Waals surface area contributed by atoms with E-state index in [1.807, 2.05) is 24.3 Å². The molecule has 0 saturated carbocycles. The second-order valence-corrected chi connectivity index (χ2v) is 10.0. The molecule has 0 unspecified atom stereocenters. The summed E-state index contributed by atoms with van der Waals surface area (Å²) in [7, 11) is 0. The van der Waals surface area contributed by atoms with Gasteiger partial charge in [-0.15, -0.1) is 0 Å². The van der Waals surface area contributed by atoms with Crippen molar-refractivity contribution in [2.75, 3.05) is 26.2 Å². The van der Waals surface area contributed by atoms with Gasteiger partial charge in [0.1, 0.15) is 35.1 Å². The first-order valence-corrected chi connectivity index (χ1v) is 13.2. The standard InChI is InChI=1S/C30H26FN7O2/c31-20-9-18(11-22(12-20)40-8-7-38-5-1-2-6-38)24-16-33-17-28-23(24)13-27(34-28)30-29-26(36-37-30)4-3-25(35-29)19-10-21(39)15-32-14-19/h3-4,9-17,34,39H,1-2,5-8H2,(H,36,37). The number of aromatic hydroxyl groups is 1. The number of benzene rings is 1. The maximum Gasteiger partial charge on any atom is 0.135 e. The van der Waals surface area contributed by atoms with Crippen molar-refractivity contribution in [3.63, 3.8) is 0 Å². The molecule has 1 saturated heterocycles. The summed E-state index contributed by atoms with van der Waals surface area (Å²) in [6, 6.07) is 12.1. The number of aromatic amines is 2. The molecule has 7 rings (SSSR count). The summed E-state index contributed by atoms with van der Waals surface area (Å²) in [4.78, 5) is 19.0. The number of rotatable bonds is 7. The van der Waals surface area contributed by atoms with Crippen LogP contribution in [-0.2, 0) is 0 Å². The first-order chi connectivity index (χ1) is 19.6. The Morgan fingerprint density at radius 3 is 2.67 bits per heavy atom.